The molecule has 0 aliphatic carbocycles. The highest BCUT2D eigenvalue weighted by atomic mass is 32.1. The number of thiocarbonyl (C=S) groups is 1. The van der Waals surface area contributed by atoms with Crippen molar-refractivity contribution in [1.29, 1.82) is 0 Å². The molecule has 0 heterocycles. The average molecular weight is 208 g/mol. The Kier molecular flexibility index (Phi) is 9.60. The maximum Gasteiger partial charge on any atom is 0.128 e. The van der Waals surface area contributed by atoms with Crippen molar-refractivity contribution < 1.29 is 0 Å². The van der Waals surface area contributed by atoms with Crippen molar-refractivity contribution in [3.63, 3.8) is 0 Å². The fraction of sp³-hybridized carbons (Fsp3) is 0.875. The highest BCUT2D eigenvalue weighted by Gasteiger charge is 2.04. The van der Waals surface area contributed by atoms with E-state index in [0.717, 1.165) is 0 Å². The van der Waals surface area contributed by atoms with Gasteiger partial charge in [0.2, 0.25) is 0 Å². The van der Waals surface area contributed by atoms with Gasteiger partial charge < -0.3 is 10.6 Å². The van der Waals surface area contributed by atoms with E-state index in [1.165, 1.54) is 0 Å². The third kappa shape index (κ3) is 12.8. The first-order chi connectivity index (χ1) is 5.29. The highest BCUT2D eigenvalue weighted by molar-refractivity contribution is 8.10. The molecule has 0 amide bonds. The number of thiol groups is 1. The Hall–Kier alpha value is 0.200. The SMILES string of the molecule is CC(C)N(C)C(C)C.NC(=S)S. The van der Waals surface area contributed by atoms with E-state index in [9.17, 15) is 0 Å². The van der Waals surface area contributed by atoms with E-state index in [1.54, 1.807) is 0 Å². The first-order valence-electron chi connectivity index (χ1n) is 3.99. The fourth-order valence-electron chi connectivity index (χ4n) is 0.596. The van der Waals surface area contributed by atoms with Crippen LogP contribution in [0.4, 0.5) is 0 Å². The first-order valence-corrected chi connectivity index (χ1v) is 4.84. The van der Waals surface area contributed by atoms with Gasteiger partial charge >= 0.3 is 0 Å². The Bertz CT molecular complexity index is 112. The molecular formula is C8H20N2S2. The number of nitrogens with two attached hydrogens (primary N) is 1. The third-order valence-electron chi connectivity index (χ3n) is 1.63. The quantitative estimate of drug-likeness (QED) is 0.536. The van der Waals surface area contributed by atoms with Crippen LogP contribution in [-0.2, 0) is 0 Å². The van der Waals surface area contributed by atoms with Crippen LogP contribution in [0.3, 0.4) is 0 Å². The fourth-order valence-corrected chi connectivity index (χ4v) is 0.596. The van der Waals surface area contributed by atoms with Gasteiger partial charge in [-0.2, -0.15) is 0 Å². The molecule has 0 aliphatic rings. The molecule has 0 aliphatic heterocycles. The van der Waals surface area contributed by atoms with Crippen LogP contribution in [0.15, 0.2) is 0 Å². The summed E-state index contributed by atoms with van der Waals surface area (Å²) in [6, 6.07) is 1.35. The second-order valence-electron chi connectivity index (χ2n) is 3.19. The van der Waals surface area contributed by atoms with Crippen molar-refractivity contribution in [2.45, 2.75) is 39.8 Å². The lowest BCUT2D eigenvalue weighted by atomic mass is 10.3. The van der Waals surface area contributed by atoms with Gasteiger partial charge in [0.05, 0.1) is 0 Å². The molecule has 0 atom stereocenters. The minimum Gasteiger partial charge on any atom is -0.385 e. The predicted octanol–water partition coefficient (Wildman–Crippen LogP) is 1.89. The van der Waals surface area contributed by atoms with Crippen molar-refractivity contribution >= 4 is 29.2 Å². The summed E-state index contributed by atoms with van der Waals surface area (Å²) in [5, 5.41) is 0. The smallest absolute Gasteiger partial charge is 0.128 e. The zero-order chi connectivity index (χ0) is 10.3. The molecule has 0 bridgehead atoms. The van der Waals surface area contributed by atoms with Crippen molar-refractivity contribution in [2.24, 2.45) is 5.73 Å². The average Bonchev–Trinajstić information content (AvgIpc) is 1.84. The molecule has 0 aromatic rings. The number of hydrogen-bond acceptors (Lipinski definition) is 2. The van der Waals surface area contributed by atoms with Gasteiger partial charge in [-0.1, -0.05) is 12.2 Å². The minimum atomic E-state index is 0.194. The number of nitrogens with zero attached hydrogens (tertiary/aromatic N) is 1. The normalized spacial score (nSPS) is 10.1. The maximum absolute atomic E-state index is 4.71. The Balaban J connectivity index is 0. The van der Waals surface area contributed by atoms with Gasteiger partial charge in [-0.25, -0.2) is 0 Å². The molecule has 0 saturated carbocycles. The van der Waals surface area contributed by atoms with E-state index in [1.807, 2.05) is 0 Å². The molecular weight excluding hydrogens is 188 g/mol. The molecule has 12 heavy (non-hydrogen) atoms. The summed E-state index contributed by atoms with van der Waals surface area (Å²) in [5.74, 6) is 0. The van der Waals surface area contributed by atoms with Crippen LogP contribution >= 0.6 is 24.8 Å². The van der Waals surface area contributed by atoms with Crippen molar-refractivity contribution in [1.82, 2.24) is 4.90 Å². The highest BCUT2D eigenvalue weighted by Crippen LogP contribution is 1.98. The summed E-state index contributed by atoms with van der Waals surface area (Å²) in [7, 11) is 2.15. The summed E-state index contributed by atoms with van der Waals surface area (Å²) < 4.78 is 0.194. The maximum atomic E-state index is 4.71. The van der Waals surface area contributed by atoms with Crippen molar-refractivity contribution in [3.05, 3.63) is 0 Å². The Morgan fingerprint density at radius 1 is 1.25 bits per heavy atom. The summed E-state index contributed by atoms with van der Waals surface area (Å²) in [4.78, 5) is 2.33. The molecule has 2 nitrogen and oxygen atoms in total. The second-order valence-corrected chi connectivity index (χ2v) is 4.42. The lowest BCUT2D eigenvalue weighted by Gasteiger charge is -2.24. The van der Waals surface area contributed by atoms with Gasteiger partial charge in [-0.3, -0.25) is 0 Å². The van der Waals surface area contributed by atoms with E-state index in [0.29, 0.717) is 12.1 Å². The van der Waals surface area contributed by atoms with Gasteiger partial charge in [0, 0.05) is 12.1 Å². The lowest BCUT2D eigenvalue weighted by molar-refractivity contribution is 0.222. The Labute approximate surface area is 86.9 Å². The predicted molar refractivity (Wildman–Crippen MR) is 63.8 cm³/mol. The van der Waals surface area contributed by atoms with Crippen LogP contribution in [0.2, 0.25) is 0 Å². The van der Waals surface area contributed by atoms with E-state index in [-0.39, 0.29) is 4.32 Å². The van der Waals surface area contributed by atoms with Crippen LogP contribution in [0.25, 0.3) is 0 Å². The molecule has 0 fully saturated rings. The van der Waals surface area contributed by atoms with Crippen LogP contribution in [0.5, 0.6) is 0 Å². The molecule has 2 N–H and O–H groups in total. The monoisotopic (exact) mass is 208 g/mol. The molecule has 74 valence electrons. The molecule has 0 spiro atoms. The molecule has 0 aromatic heterocycles. The topological polar surface area (TPSA) is 29.3 Å². The lowest BCUT2D eigenvalue weighted by Crippen LogP contribution is -2.32. The summed E-state index contributed by atoms with van der Waals surface area (Å²) in [6.07, 6.45) is 0. The van der Waals surface area contributed by atoms with E-state index < -0.39 is 0 Å². The molecule has 0 aromatic carbocycles. The Morgan fingerprint density at radius 2 is 1.42 bits per heavy atom. The van der Waals surface area contributed by atoms with E-state index in [4.69, 9.17) is 5.73 Å². The molecule has 0 unspecified atom stereocenters. The third-order valence-corrected chi connectivity index (χ3v) is 1.63. The minimum absolute atomic E-state index is 0.194. The second kappa shape index (κ2) is 7.83. The zero-order valence-corrected chi connectivity index (χ0v) is 10.2. The molecule has 0 radical (unpaired) electrons. The summed E-state index contributed by atoms with van der Waals surface area (Å²) in [6.45, 7) is 8.83. The summed E-state index contributed by atoms with van der Waals surface area (Å²) >= 11 is 7.65. The van der Waals surface area contributed by atoms with Gasteiger partial charge in [-0.15, -0.1) is 12.6 Å². The van der Waals surface area contributed by atoms with E-state index >= 15 is 0 Å². The zero-order valence-electron chi connectivity index (χ0n) is 8.53. The van der Waals surface area contributed by atoms with Crippen LogP contribution in [0.1, 0.15) is 27.7 Å². The van der Waals surface area contributed by atoms with Crippen LogP contribution in [-0.4, -0.2) is 28.4 Å². The molecule has 4 heteroatoms. The number of hydrogen-bond donors (Lipinski definition) is 2. The molecule has 0 rings (SSSR count). The van der Waals surface area contributed by atoms with Crippen LogP contribution < -0.4 is 5.73 Å². The standard InChI is InChI=1S/C7H17N.CH3NS2/c1-6(2)8(5)7(3)4;2-1(3)4/h6-7H,1-5H3;(H3,2,3,4). The largest absolute Gasteiger partial charge is 0.385 e. The first kappa shape index (κ1) is 14.7. The Morgan fingerprint density at radius 3 is 1.42 bits per heavy atom. The van der Waals surface area contributed by atoms with Gasteiger partial charge in [0.1, 0.15) is 4.32 Å². The van der Waals surface area contributed by atoms with Crippen molar-refractivity contribution in [2.75, 3.05) is 7.05 Å². The van der Waals surface area contributed by atoms with Gasteiger partial charge in [0.15, 0.2) is 0 Å². The number of rotatable bonds is 2. The van der Waals surface area contributed by atoms with E-state index in [2.05, 4.69) is 64.5 Å². The van der Waals surface area contributed by atoms with Gasteiger partial charge in [0.25, 0.3) is 0 Å². The summed E-state index contributed by atoms with van der Waals surface area (Å²) in [5.41, 5.74) is 4.71. The van der Waals surface area contributed by atoms with Crippen LogP contribution in [0, 0.1) is 0 Å². The molecule has 0 saturated heterocycles. The van der Waals surface area contributed by atoms with Gasteiger partial charge in [-0.05, 0) is 34.7 Å². The van der Waals surface area contributed by atoms with Crippen molar-refractivity contribution in [3.8, 4) is 0 Å².